The third-order valence-corrected chi connectivity index (χ3v) is 3.29. The minimum atomic E-state index is 0.423. The van der Waals surface area contributed by atoms with Crippen molar-refractivity contribution in [2.75, 3.05) is 0 Å². The first-order valence-electron chi connectivity index (χ1n) is 6.60. The summed E-state index contributed by atoms with van der Waals surface area (Å²) in [5.41, 5.74) is 10.2. The van der Waals surface area contributed by atoms with Crippen molar-refractivity contribution in [1.29, 1.82) is 0 Å². The second-order valence-corrected chi connectivity index (χ2v) is 4.63. The maximum atomic E-state index is 5.73. The van der Waals surface area contributed by atoms with Gasteiger partial charge < -0.3 is 5.73 Å². The summed E-state index contributed by atoms with van der Waals surface area (Å²) >= 11 is 0. The molecule has 0 spiro atoms. The molecule has 0 unspecified atom stereocenters. The number of rotatable bonds is 4. The topological polar surface area (TPSA) is 56.7 Å². The molecule has 1 aromatic heterocycles. The van der Waals surface area contributed by atoms with Gasteiger partial charge in [-0.1, -0.05) is 53.7 Å². The van der Waals surface area contributed by atoms with Crippen molar-refractivity contribution in [3.63, 3.8) is 0 Å². The van der Waals surface area contributed by atoms with E-state index in [9.17, 15) is 0 Å². The highest BCUT2D eigenvalue weighted by molar-refractivity contribution is 5.43. The zero-order valence-electron chi connectivity index (χ0n) is 11.1. The molecule has 2 aromatic carbocycles. The summed E-state index contributed by atoms with van der Waals surface area (Å²) in [5, 5.41) is 8.10. The minimum absolute atomic E-state index is 0.423. The van der Waals surface area contributed by atoms with Crippen LogP contribution in [0.15, 0.2) is 60.8 Å². The molecule has 0 saturated heterocycles. The van der Waals surface area contributed by atoms with Crippen molar-refractivity contribution in [3.05, 3.63) is 77.6 Å². The van der Waals surface area contributed by atoms with Gasteiger partial charge in [0.1, 0.15) is 0 Å². The molecule has 4 nitrogen and oxygen atoms in total. The van der Waals surface area contributed by atoms with Crippen LogP contribution in [0.1, 0.15) is 16.8 Å². The van der Waals surface area contributed by atoms with E-state index in [1.807, 2.05) is 28.9 Å². The van der Waals surface area contributed by atoms with E-state index >= 15 is 0 Å². The molecule has 4 heteroatoms. The smallest absolute Gasteiger partial charge is 0.0781 e. The molecule has 3 aromatic rings. The van der Waals surface area contributed by atoms with Crippen molar-refractivity contribution in [2.24, 2.45) is 5.73 Å². The largest absolute Gasteiger partial charge is 0.325 e. The van der Waals surface area contributed by atoms with Gasteiger partial charge in [-0.3, -0.25) is 0 Å². The van der Waals surface area contributed by atoms with Crippen LogP contribution in [0, 0.1) is 0 Å². The SMILES string of the molecule is NCc1cnnn1-c1ccccc1Cc1ccccc1. The lowest BCUT2D eigenvalue weighted by molar-refractivity contribution is 0.755. The van der Waals surface area contributed by atoms with Crippen molar-refractivity contribution in [1.82, 2.24) is 15.0 Å². The number of benzene rings is 2. The zero-order chi connectivity index (χ0) is 13.8. The Hall–Kier alpha value is -2.46. The Bertz CT molecular complexity index is 688. The minimum Gasteiger partial charge on any atom is -0.325 e. The Morgan fingerprint density at radius 1 is 0.950 bits per heavy atom. The Kier molecular flexibility index (Phi) is 3.56. The van der Waals surface area contributed by atoms with Crippen LogP contribution in [0.5, 0.6) is 0 Å². The highest BCUT2D eigenvalue weighted by Gasteiger charge is 2.09. The summed E-state index contributed by atoms with van der Waals surface area (Å²) < 4.78 is 1.82. The molecule has 0 radical (unpaired) electrons. The molecule has 0 aliphatic carbocycles. The van der Waals surface area contributed by atoms with Gasteiger partial charge in [0.15, 0.2) is 0 Å². The molecule has 0 aliphatic heterocycles. The first kappa shape index (κ1) is 12.6. The van der Waals surface area contributed by atoms with Crippen molar-refractivity contribution < 1.29 is 0 Å². The third-order valence-electron chi connectivity index (χ3n) is 3.29. The van der Waals surface area contributed by atoms with Gasteiger partial charge in [-0.2, -0.15) is 0 Å². The molecular formula is C16H16N4. The van der Waals surface area contributed by atoms with Crippen molar-refractivity contribution in [2.45, 2.75) is 13.0 Å². The van der Waals surface area contributed by atoms with Crippen LogP contribution in [-0.4, -0.2) is 15.0 Å². The van der Waals surface area contributed by atoms with Crippen LogP contribution in [0.25, 0.3) is 5.69 Å². The third kappa shape index (κ3) is 2.46. The predicted octanol–water partition coefficient (Wildman–Crippen LogP) is 2.32. The van der Waals surface area contributed by atoms with E-state index < -0.39 is 0 Å². The van der Waals surface area contributed by atoms with Gasteiger partial charge in [-0.15, -0.1) is 5.10 Å². The van der Waals surface area contributed by atoms with Gasteiger partial charge in [-0.05, 0) is 23.6 Å². The fraction of sp³-hybridized carbons (Fsp3) is 0.125. The summed E-state index contributed by atoms with van der Waals surface area (Å²) in [6.07, 6.45) is 2.57. The van der Waals surface area contributed by atoms with Gasteiger partial charge in [0.05, 0.1) is 17.6 Å². The van der Waals surface area contributed by atoms with E-state index in [0.29, 0.717) is 6.54 Å². The fourth-order valence-electron chi connectivity index (χ4n) is 2.28. The van der Waals surface area contributed by atoms with Crippen LogP contribution in [0.4, 0.5) is 0 Å². The van der Waals surface area contributed by atoms with Gasteiger partial charge in [-0.25, -0.2) is 4.68 Å². The normalized spacial score (nSPS) is 10.7. The van der Waals surface area contributed by atoms with Gasteiger partial charge in [0.2, 0.25) is 0 Å². The monoisotopic (exact) mass is 264 g/mol. The second-order valence-electron chi connectivity index (χ2n) is 4.63. The molecule has 0 atom stereocenters. The van der Waals surface area contributed by atoms with Crippen LogP contribution in [0.2, 0.25) is 0 Å². The fourth-order valence-corrected chi connectivity index (χ4v) is 2.28. The van der Waals surface area contributed by atoms with Crippen LogP contribution in [-0.2, 0) is 13.0 Å². The van der Waals surface area contributed by atoms with E-state index in [4.69, 9.17) is 5.73 Å². The predicted molar refractivity (Wildman–Crippen MR) is 78.5 cm³/mol. The zero-order valence-corrected chi connectivity index (χ0v) is 11.1. The molecule has 0 bridgehead atoms. The number of hydrogen-bond acceptors (Lipinski definition) is 3. The molecule has 20 heavy (non-hydrogen) atoms. The molecule has 100 valence electrons. The van der Waals surface area contributed by atoms with E-state index in [2.05, 4.69) is 40.6 Å². The quantitative estimate of drug-likeness (QED) is 0.786. The number of aromatic nitrogens is 3. The standard InChI is InChI=1S/C16H16N4/c17-11-15-12-18-19-20(15)16-9-5-4-8-14(16)10-13-6-2-1-3-7-13/h1-9,12H,10-11,17H2. The summed E-state index contributed by atoms with van der Waals surface area (Å²) in [5.74, 6) is 0. The summed E-state index contributed by atoms with van der Waals surface area (Å²) in [7, 11) is 0. The average molecular weight is 264 g/mol. The number of para-hydroxylation sites is 1. The lowest BCUT2D eigenvalue weighted by Crippen LogP contribution is -2.09. The molecule has 0 amide bonds. The number of nitrogens with zero attached hydrogens (tertiary/aromatic N) is 3. The van der Waals surface area contributed by atoms with Gasteiger partial charge in [0, 0.05) is 6.54 Å². The summed E-state index contributed by atoms with van der Waals surface area (Å²) in [6, 6.07) is 18.6. The highest BCUT2D eigenvalue weighted by Crippen LogP contribution is 2.18. The molecule has 2 N–H and O–H groups in total. The Morgan fingerprint density at radius 2 is 1.70 bits per heavy atom. The van der Waals surface area contributed by atoms with Crippen molar-refractivity contribution in [3.8, 4) is 5.69 Å². The molecule has 1 heterocycles. The maximum Gasteiger partial charge on any atom is 0.0781 e. The van der Waals surface area contributed by atoms with E-state index in [0.717, 1.165) is 17.8 Å². The highest BCUT2D eigenvalue weighted by atomic mass is 15.4. The van der Waals surface area contributed by atoms with Crippen LogP contribution < -0.4 is 5.73 Å². The Morgan fingerprint density at radius 3 is 2.50 bits per heavy atom. The lowest BCUT2D eigenvalue weighted by Gasteiger charge is -2.11. The Labute approximate surface area is 117 Å². The summed E-state index contributed by atoms with van der Waals surface area (Å²) in [4.78, 5) is 0. The average Bonchev–Trinajstić information content (AvgIpc) is 2.97. The van der Waals surface area contributed by atoms with Crippen LogP contribution in [0.3, 0.4) is 0 Å². The number of nitrogens with two attached hydrogens (primary N) is 1. The van der Waals surface area contributed by atoms with Gasteiger partial charge in [0.25, 0.3) is 0 Å². The van der Waals surface area contributed by atoms with Crippen molar-refractivity contribution >= 4 is 0 Å². The van der Waals surface area contributed by atoms with E-state index in [1.54, 1.807) is 6.20 Å². The lowest BCUT2D eigenvalue weighted by atomic mass is 10.0. The second kappa shape index (κ2) is 5.67. The first-order valence-corrected chi connectivity index (χ1v) is 6.60. The molecule has 0 aliphatic rings. The van der Waals surface area contributed by atoms with E-state index in [-0.39, 0.29) is 0 Å². The molecular weight excluding hydrogens is 248 g/mol. The van der Waals surface area contributed by atoms with E-state index in [1.165, 1.54) is 11.1 Å². The molecule has 0 saturated carbocycles. The van der Waals surface area contributed by atoms with Crippen LogP contribution >= 0.6 is 0 Å². The Balaban J connectivity index is 2.01. The summed E-state index contributed by atoms with van der Waals surface area (Å²) in [6.45, 7) is 0.423. The maximum absolute atomic E-state index is 5.73. The molecule has 0 fully saturated rings. The number of hydrogen-bond donors (Lipinski definition) is 1. The first-order chi connectivity index (χ1) is 9.88. The van der Waals surface area contributed by atoms with Gasteiger partial charge >= 0.3 is 0 Å². The molecule has 3 rings (SSSR count).